The second-order valence-corrected chi connectivity index (χ2v) is 8.99. The predicted molar refractivity (Wildman–Crippen MR) is 128 cm³/mol. The van der Waals surface area contributed by atoms with Crippen molar-refractivity contribution in [3.8, 4) is 11.3 Å². The van der Waals surface area contributed by atoms with Crippen molar-refractivity contribution in [1.29, 1.82) is 0 Å². The fourth-order valence-electron chi connectivity index (χ4n) is 4.38. The Morgan fingerprint density at radius 1 is 1.17 bits per heavy atom. The van der Waals surface area contributed by atoms with Crippen molar-refractivity contribution in [2.75, 3.05) is 25.5 Å². The fourth-order valence-corrected chi connectivity index (χ4v) is 5.21. The molecule has 1 aliphatic rings. The van der Waals surface area contributed by atoms with Crippen molar-refractivity contribution < 1.29 is 4.79 Å². The third-order valence-electron chi connectivity index (χ3n) is 6.07. The number of rotatable bonds is 4. The first kappa shape index (κ1) is 19.1. The minimum Gasteiger partial charge on any atom is -0.382 e. The Morgan fingerprint density at radius 2 is 2.00 bits per heavy atom. The molecule has 1 N–H and O–H groups in total. The quantitative estimate of drug-likeness (QED) is 0.425. The van der Waals surface area contributed by atoms with Crippen LogP contribution in [-0.4, -0.2) is 41.6 Å². The predicted octanol–water partition coefficient (Wildman–Crippen LogP) is 5.86. The van der Waals surface area contributed by atoms with Crippen LogP contribution in [0.1, 0.15) is 17.6 Å². The van der Waals surface area contributed by atoms with Gasteiger partial charge in [-0.1, -0.05) is 24.8 Å². The van der Waals surface area contributed by atoms with E-state index in [0.717, 1.165) is 53.8 Å². The standard InChI is InChI=1S/C25H25N3OS/c1-3-25(29)28-22-6-4-5-21(26-19-9-12-27(2)13-10-19)20(22)16-23(28)18-8-7-17-11-14-30-24(17)15-18/h3-8,11,14-16,19,26H,1,9-10,12-13H2,2H3. The number of anilines is 1. The first-order valence-corrected chi connectivity index (χ1v) is 11.3. The third kappa shape index (κ3) is 3.34. The average molecular weight is 416 g/mol. The minimum atomic E-state index is -0.109. The summed E-state index contributed by atoms with van der Waals surface area (Å²) in [5.74, 6) is -0.109. The second kappa shape index (κ2) is 7.74. The molecule has 30 heavy (non-hydrogen) atoms. The number of nitrogens with one attached hydrogen (secondary N) is 1. The molecule has 0 unspecified atom stereocenters. The topological polar surface area (TPSA) is 37.3 Å². The summed E-state index contributed by atoms with van der Waals surface area (Å²) in [5, 5.41) is 8.15. The monoisotopic (exact) mass is 415 g/mol. The Labute approximate surface area is 180 Å². The van der Waals surface area contributed by atoms with Crippen molar-refractivity contribution in [3.63, 3.8) is 0 Å². The number of nitrogens with zero attached hydrogens (tertiary/aromatic N) is 2. The van der Waals surface area contributed by atoms with E-state index in [1.54, 1.807) is 15.9 Å². The zero-order valence-electron chi connectivity index (χ0n) is 17.1. The fraction of sp³-hybridized carbons (Fsp3) is 0.240. The molecule has 3 heterocycles. The van der Waals surface area contributed by atoms with E-state index in [4.69, 9.17) is 0 Å². The van der Waals surface area contributed by atoms with Crippen LogP contribution >= 0.6 is 11.3 Å². The van der Waals surface area contributed by atoms with Crippen molar-refractivity contribution in [3.05, 3.63) is 66.6 Å². The Morgan fingerprint density at radius 3 is 2.80 bits per heavy atom. The molecule has 0 bridgehead atoms. The molecule has 1 aliphatic heterocycles. The summed E-state index contributed by atoms with van der Waals surface area (Å²) in [4.78, 5) is 15.2. The number of hydrogen-bond acceptors (Lipinski definition) is 4. The maximum atomic E-state index is 12.9. The zero-order chi connectivity index (χ0) is 20.7. The van der Waals surface area contributed by atoms with Gasteiger partial charge < -0.3 is 10.2 Å². The summed E-state index contributed by atoms with van der Waals surface area (Å²) in [6, 6.07) is 17.3. The number of likely N-dealkylation sites (tertiary alicyclic amines) is 1. The number of fused-ring (bicyclic) bond motifs is 2. The summed E-state index contributed by atoms with van der Waals surface area (Å²) in [7, 11) is 2.18. The lowest BCUT2D eigenvalue weighted by atomic mass is 10.0. The van der Waals surface area contributed by atoms with Crippen LogP contribution in [0.2, 0.25) is 0 Å². The van der Waals surface area contributed by atoms with Crippen LogP contribution < -0.4 is 5.32 Å². The SMILES string of the molecule is C=CC(=O)n1c(-c2ccc3ccsc3c2)cc2c(NC3CCN(C)CC3)cccc21. The lowest BCUT2D eigenvalue weighted by Gasteiger charge is -2.30. The van der Waals surface area contributed by atoms with Crippen LogP contribution in [-0.2, 0) is 0 Å². The van der Waals surface area contributed by atoms with E-state index in [2.05, 4.69) is 65.6 Å². The first-order valence-electron chi connectivity index (χ1n) is 10.4. The van der Waals surface area contributed by atoms with Gasteiger partial charge in [0.15, 0.2) is 0 Å². The molecule has 1 saturated heterocycles. The molecule has 0 spiro atoms. The van der Waals surface area contributed by atoms with E-state index in [0.29, 0.717) is 6.04 Å². The van der Waals surface area contributed by atoms with Crippen molar-refractivity contribution in [1.82, 2.24) is 9.47 Å². The zero-order valence-corrected chi connectivity index (χ0v) is 17.9. The molecule has 0 saturated carbocycles. The normalized spacial score (nSPS) is 15.6. The van der Waals surface area contributed by atoms with Gasteiger partial charge in [0.25, 0.3) is 5.91 Å². The third-order valence-corrected chi connectivity index (χ3v) is 6.95. The maximum Gasteiger partial charge on any atom is 0.254 e. The number of piperidine rings is 1. The van der Waals surface area contributed by atoms with E-state index in [9.17, 15) is 4.79 Å². The molecule has 0 aliphatic carbocycles. The number of aromatic nitrogens is 1. The van der Waals surface area contributed by atoms with Gasteiger partial charge in [0, 0.05) is 27.4 Å². The summed E-state index contributed by atoms with van der Waals surface area (Å²) in [6.45, 7) is 5.95. The molecule has 1 fully saturated rings. The lowest BCUT2D eigenvalue weighted by Crippen LogP contribution is -2.36. The van der Waals surface area contributed by atoms with Gasteiger partial charge >= 0.3 is 0 Å². The highest BCUT2D eigenvalue weighted by Crippen LogP contribution is 2.35. The van der Waals surface area contributed by atoms with E-state index >= 15 is 0 Å². The molecular formula is C25H25N3OS. The van der Waals surface area contributed by atoms with E-state index in [-0.39, 0.29) is 5.91 Å². The van der Waals surface area contributed by atoms with Gasteiger partial charge in [0.05, 0.1) is 11.2 Å². The Balaban J connectivity index is 1.63. The van der Waals surface area contributed by atoms with Gasteiger partial charge in [-0.25, -0.2) is 0 Å². The maximum absolute atomic E-state index is 12.9. The smallest absolute Gasteiger partial charge is 0.254 e. The number of hydrogen-bond donors (Lipinski definition) is 1. The first-order chi connectivity index (χ1) is 14.6. The van der Waals surface area contributed by atoms with Crippen LogP contribution in [0.3, 0.4) is 0 Å². The van der Waals surface area contributed by atoms with E-state index in [1.165, 1.54) is 16.2 Å². The molecule has 5 heteroatoms. The van der Waals surface area contributed by atoms with Gasteiger partial charge in [0.2, 0.25) is 0 Å². The lowest BCUT2D eigenvalue weighted by molar-refractivity contribution is 0.0976. The van der Waals surface area contributed by atoms with Crippen molar-refractivity contribution >= 4 is 43.9 Å². The minimum absolute atomic E-state index is 0.109. The molecule has 0 radical (unpaired) electrons. The van der Waals surface area contributed by atoms with E-state index < -0.39 is 0 Å². The van der Waals surface area contributed by atoms with Crippen LogP contribution in [0.25, 0.3) is 32.2 Å². The summed E-state index contributed by atoms with van der Waals surface area (Å²) < 4.78 is 3.01. The largest absolute Gasteiger partial charge is 0.382 e. The number of benzene rings is 2. The molecule has 0 atom stereocenters. The molecule has 152 valence electrons. The Hall–Kier alpha value is -2.89. The highest BCUT2D eigenvalue weighted by molar-refractivity contribution is 7.17. The van der Waals surface area contributed by atoms with Gasteiger partial charge in [-0.15, -0.1) is 11.3 Å². The number of carbonyl (C=O) groups excluding carboxylic acids is 1. The number of thiophene rings is 1. The second-order valence-electron chi connectivity index (χ2n) is 8.04. The van der Waals surface area contributed by atoms with Crippen LogP contribution in [0.15, 0.2) is 66.6 Å². The molecule has 5 rings (SSSR count). The summed E-state index contributed by atoms with van der Waals surface area (Å²) in [6.07, 6.45) is 3.64. The molecule has 2 aromatic heterocycles. The van der Waals surface area contributed by atoms with Gasteiger partial charge in [0.1, 0.15) is 0 Å². The van der Waals surface area contributed by atoms with Gasteiger partial charge in [-0.05, 0) is 80.2 Å². The molecule has 0 amide bonds. The molecule has 4 nitrogen and oxygen atoms in total. The summed E-state index contributed by atoms with van der Waals surface area (Å²) >= 11 is 1.72. The summed E-state index contributed by atoms with van der Waals surface area (Å²) in [5.41, 5.74) is 3.96. The van der Waals surface area contributed by atoms with Crippen LogP contribution in [0, 0.1) is 0 Å². The van der Waals surface area contributed by atoms with Crippen LogP contribution in [0.5, 0.6) is 0 Å². The highest BCUT2D eigenvalue weighted by Gasteiger charge is 2.20. The molecular weight excluding hydrogens is 390 g/mol. The van der Waals surface area contributed by atoms with Gasteiger partial charge in [-0.2, -0.15) is 0 Å². The van der Waals surface area contributed by atoms with Crippen molar-refractivity contribution in [2.45, 2.75) is 18.9 Å². The van der Waals surface area contributed by atoms with E-state index in [1.807, 2.05) is 12.1 Å². The Kier molecular flexibility index (Phi) is 4.93. The van der Waals surface area contributed by atoms with Gasteiger partial charge in [-0.3, -0.25) is 9.36 Å². The average Bonchev–Trinajstić information content (AvgIpc) is 3.39. The number of carbonyl (C=O) groups is 1. The highest BCUT2D eigenvalue weighted by atomic mass is 32.1. The molecule has 2 aromatic carbocycles. The Bertz CT molecular complexity index is 1240. The van der Waals surface area contributed by atoms with Crippen LogP contribution in [0.4, 0.5) is 5.69 Å². The van der Waals surface area contributed by atoms with Crippen molar-refractivity contribution in [2.24, 2.45) is 0 Å². The molecule has 4 aromatic rings. The number of allylic oxidation sites excluding steroid dienone is 1.